The van der Waals surface area contributed by atoms with Gasteiger partial charge in [-0.15, -0.1) is 0 Å². The van der Waals surface area contributed by atoms with Crippen molar-refractivity contribution in [2.75, 3.05) is 21.3 Å². The first-order valence-corrected chi connectivity index (χ1v) is 6.93. The van der Waals surface area contributed by atoms with Crippen LogP contribution in [0.15, 0.2) is 30.3 Å². The third-order valence-electron chi connectivity index (χ3n) is 3.13. The molecule has 0 heterocycles. The molecule has 0 aliphatic carbocycles. The van der Waals surface area contributed by atoms with Gasteiger partial charge in [-0.25, -0.2) is 0 Å². The summed E-state index contributed by atoms with van der Waals surface area (Å²) in [6, 6.07) is 8.74. The molecule has 5 heteroatoms. The van der Waals surface area contributed by atoms with Gasteiger partial charge in [-0.05, 0) is 35.4 Å². The Morgan fingerprint density at radius 2 is 1.45 bits per heavy atom. The molecule has 0 saturated carbocycles. The molecule has 0 atom stereocenters. The van der Waals surface area contributed by atoms with Gasteiger partial charge >= 0.3 is 0 Å². The predicted molar refractivity (Wildman–Crippen MR) is 88.1 cm³/mol. The van der Waals surface area contributed by atoms with E-state index in [9.17, 15) is 5.11 Å². The first-order valence-electron chi connectivity index (χ1n) is 6.55. The molecule has 0 aliphatic rings. The summed E-state index contributed by atoms with van der Waals surface area (Å²) in [5, 5.41) is 9.93. The molecule has 1 N–H and O–H groups in total. The number of phenolic OH excluding ortho intramolecular Hbond substituents is 1. The van der Waals surface area contributed by atoms with E-state index >= 15 is 0 Å². The van der Waals surface area contributed by atoms with Crippen LogP contribution in [-0.4, -0.2) is 26.4 Å². The van der Waals surface area contributed by atoms with E-state index < -0.39 is 0 Å². The molecule has 2 aromatic rings. The SMILES string of the molecule is COc1cc(/C=C\c2ccc(Cl)c(O)c2)cc(OC)c1OC. The summed E-state index contributed by atoms with van der Waals surface area (Å²) >= 11 is 5.79. The minimum Gasteiger partial charge on any atom is -0.506 e. The zero-order chi connectivity index (χ0) is 16.1. The average Bonchev–Trinajstić information content (AvgIpc) is 2.54. The maximum absolute atomic E-state index is 9.61. The first kappa shape index (κ1) is 16.0. The Kier molecular flexibility index (Phi) is 5.17. The molecular formula is C17H17ClO4. The second-order valence-corrected chi connectivity index (χ2v) is 4.91. The van der Waals surface area contributed by atoms with Crippen molar-refractivity contribution in [2.45, 2.75) is 0 Å². The fraction of sp³-hybridized carbons (Fsp3) is 0.176. The highest BCUT2D eigenvalue weighted by Gasteiger charge is 2.11. The van der Waals surface area contributed by atoms with Crippen LogP contribution >= 0.6 is 11.6 Å². The first-order chi connectivity index (χ1) is 10.6. The Labute approximate surface area is 134 Å². The maximum atomic E-state index is 9.61. The van der Waals surface area contributed by atoms with Gasteiger partial charge in [-0.3, -0.25) is 0 Å². The van der Waals surface area contributed by atoms with Crippen molar-refractivity contribution in [3.05, 3.63) is 46.5 Å². The summed E-state index contributed by atoms with van der Waals surface area (Å²) in [6.07, 6.45) is 3.74. The summed E-state index contributed by atoms with van der Waals surface area (Å²) in [6.45, 7) is 0. The van der Waals surface area contributed by atoms with Crippen LogP contribution in [0.4, 0.5) is 0 Å². The highest BCUT2D eigenvalue weighted by atomic mass is 35.5. The highest BCUT2D eigenvalue weighted by Crippen LogP contribution is 2.38. The third-order valence-corrected chi connectivity index (χ3v) is 3.45. The summed E-state index contributed by atoms with van der Waals surface area (Å²) in [5.74, 6) is 1.76. The number of methoxy groups -OCH3 is 3. The van der Waals surface area contributed by atoms with Gasteiger partial charge in [0.15, 0.2) is 11.5 Å². The van der Waals surface area contributed by atoms with Gasteiger partial charge in [-0.1, -0.05) is 29.8 Å². The summed E-state index contributed by atoms with van der Waals surface area (Å²) in [7, 11) is 4.70. The van der Waals surface area contributed by atoms with E-state index in [4.69, 9.17) is 25.8 Å². The summed E-state index contributed by atoms with van der Waals surface area (Å²) in [5.41, 5.74) is 1.71. The highest BCUT2D eigenvalue weighted by molar-refractivity contribution is 6.32. The molecule has 0 spiro atoms. The van der Waals surface area contributed by atoms with Gasteiger partial charge in [0.1, 0.15) is 5.75 Å². The molecule has 0 saturated heterocycles. The van der Waals surface area contributed by atoms with Crippen LogP contribution < -0.4 is 14.2 Å². The number of hydrogen-bond donors (Lipinski definition) is 1. The third kappa shape index (κ3) is 3.46. The lowest BCUT2D eigenvalue weighted by atomic mass is 10.1. The molecule has 0 bridgehead atoms. The molecule has 0 unspecified atom stereocenters. The van der Waals surface area contributed by atoms with Gasteiger partial charge in [0.2, 0.25) is 5.75 Å². The number of rotatable bonds is 5. The fourth-order valence-electron chi connectivity index (χ4n) is 2.02. The second-order valence-electron chi connectivity index (χ2n) is 4.50. The van der Waals surface area contributed by atoms with Crippen molar-refractivity contribution in [1.82, 2.24) is 0 Å². The molecule has 0 amide bonds. The number of ether oxygens (including phenoxy) is 3. The fourth-order valence-corrected chi connectivity index (χ4v) is 2.14. The second kappa shape index (κ2) is 7.09. The van der Waals surface area contributed by atoms with Gasteiger partial charge in [-0.2, -0.15) is 0 Å². The Hall–Kier alpha value is -2.33. The van der Waals surface area contributed by atoms with Crippen LogP contribution in [-0.2, 0) is 0 Å². The zero-order valence-corrected chi connectivity index (χ0v) is 13.3. The van der Waals surface area contributed by atoms with Crippen molar-refractivity contribution in [1.29, 1.82) is 0 Å². The van der Waals surface area contributed by atoms with Crippen LogP contribution in [0.25, 0.3) is 12.2 Å². The minimum atomic E-state index is 0.0497. The van der Waals surface area contributed by atoms with E-state index in [1.807, 2.05) is 30.4 Å². The topological polar surface area (TPSA) is 47.9 Å². The largest absolute Gasteiger partial charge is 0.506 e. The number of phenols is 1. The normalized spacial score (nSPS) is 10.7. The van der Waals surface area contributed by atoms with Crippen LogP contribution in [0.3, 0.4) is 0 Å². The van der Waals surface area contributed by atoms with Crippen LogP contribution in [0.5, 0.6) is 23.0 Å². The van der Waals surface area contributed by atoms with Crippen molar-refractivity contribution in [3.8, 4) is 23.0 Å². The lowest BCUT2D eigenvalue weighted by Gasteiger charge is -2.12. The van der Waals surface area contributed by atoms with E-state index in [-0.39, 0.29) is 5.75 Å². The summed E-state index contributed by atoms with van der Waals surface area (Å²) in [4.78, 5) is 0. The molecule has 0 aliphatic heterocycles. The molecule has 0 aromatic heterocycles. The molecule has 0 radical (unpaired) electrons. The molecule has 22 heavy (non-hydrogen) atoms. The van der Waals surface area contributed by atoms with Crippen molar-refractivity contribution in [2.24, 2.45) is 0 Å². The van der Waals surface area contributed by atoms with E-state index in [1.165, 1.54) is 0 Å². The molecule has 4 nitrogen and oxygen atoms in total. The predicted octanol–water partition coefficient (Wildman–Crippen LogP) is 4.24. The number of benzene rings is 2. The van der Waals surface area contributed by atoms with Crippen molar-refractivity contribution in [3.63, 3.8) is 0 Å². The molecule has 0 fully saturated rings. The standard InChI is InChI=1S/C17H17ClO4/c1-20-15-9-12(10-16(21-2)17(15)22-3)5-4-11-6-7-13(18)14(19)8-11/h4-10,19H,1-3H3/b5-4-. The number of hydrogen-bond acceptors (Lipinski definition) is 4. The average molecular weight is 321 g/mol. The monoisotopic (exact) mass is 320 g/mol. The van der Waals surface area contributed by atoms with E-state index in [0.29, 0.717) is 22.3 Å². The number of halogens is 1. The molecule has 2 rings (SSSR count). The van der Waals surface area contributed by atoms with Gasteiger partial charge in [0, 0.05) is 0 Å². The minimum absolute atomic E-state index is 0.0497. The Bertz CT molecular complexity index is 670. The van der Waals surface area contributed by atoms with Crippen molar-refractivity contribution >= 4 is 23.8 Å². The molecular weight excluding hydrogens is 304 g/mol. The van der Waals surface area contributed by atoms with Crippen LogP contribution in [0.2, 0.25) is 5.02 Å². The Morgan fingerprint density at radius 3 is 1.95 bits per heavy atom. The lowest BCUT2D eigenvalue weighted by Crippen LogP contribution is -1.95. The molecule has 116 valence electrons. The Morgan fingerprint density at radius 1 is 0.864 bits per heavy atom. The summed E-state index contributed by atoms with van der Waals surface area (Å²) < 4.78 is 15.9. The quantitative estimate of drug-likeness (QED) is 0.837. The van der Waals surface area contributed by atoms with E-state index in [2.05, 4.69) is 0 Å². The zero-order valence-electron chi connectivity index (χ0n) is 12.6. The van der Waals surface area contributed by atoms with E-state index in [0.717, 1.165) is 11.1 Å². The van der Waals surface area contributed by atoms with Gasteiger partial charge in [0.05, 0.1) is 26.4 Å². The Balaban J connectivity index is 2.36. The van der Waals surface area contributed by atoms with Gasteiger partial charge in [0.25, 0.3) is 0 Å². The van der Waals surface area contributed by atoms with Crippen LogP contribution in [0.1, 0.15) is 11.1 Å². The molecule has 2 aromatic carbocycles. The lowest BCUT2D eigenvalue weighted by molar-refractivity contribution is 0.324. The van der Waals surface area contributed by atoms with Crippen molar-refractivity contribution < 1.29 is 19.3 Å². The number of aromatic hydroxyl groups is 1. The maximum Gasteiger partial charge on any atom is 0.203 e. The van der Waals surface area contributed by atoms with E-state index in [1.54, 1.807) is 33.5 Å². The smallest absolute Gasteiger partial charge is 0.203 e. The van der Waals surface area contributed by atoms with Gasteiger partial charge < -0.3 is 19.3 Å². The van der Waals surface area contributed by atoms with Crippen LogP contribution in [0, 0.1) is 0 Å².